The Kier molecular flexibility index (Phi) is 3.59. The molecule has 0 aromatic heterocycles. The molecule has 3 nitrogen and oxygen atoms in total. The standard InChI is InChI=1S/C12H18IN3/c1-9-8-15(2)5-6-16(9)12-4-3-10(14)7-11(12)13/h3-4,7,9H,5-6,8,14H2,1-2H3. The summed E-state index contributed by atoms with van der Waals surface area (Å²) in [6, 6.07) is 6.73. The molecule has 0 bridgehead atoms. The molecule has 2 N–H and O–H groups in total. The maximum absolute atomic E-state index is 5.78. The van der Waals surface area contributed by atoms with Gasteiger partial charge in [-0.1, -0.05) is 0 Å². The van der Waals surface area contributed by atoms with E-state index >= 15 is 0 Å². The summed E-state index contributed by atoms with van der Waals surface area (Å²) >= 11 is 2.37. The van der Waals surface area contributed by atoms with Gasteiger partial charge in [0.05, 0.1) is 5.69 Å². The van der Waals surface area contributed by atoms with Crippen molar-refractivity contribution in [2.24, 2.45) is 0 Å². The van der Waals surface area contributed by atoms with E-state index < -0.39 is 0 Å². The predicted octanol–water partition coefficient (Wildman–Crippen LogP) is 2.01. The minimum absolute atomic E-state index is 0.566. The van der Waals surface area contributed by atoms with Gasteiger partial charge < -0.3 is 15.5 Å². The average Bonchev–Trinajstić information content (AvgIpc) is 2.19. The number of rotatable bonds is 1. The number of piperazine rings is 1. The highest BCUT2D eigenvalue weighted by molar-refractivity contribution is 14.1. The van der Waals surface area contributed by atoms with Crippen molar-refractivity contribution in [1.82, 2.24) is 4.90 Å². The van der Waals surface area contributed by atoms with Crippen molar-refractivity contribution < 1.29 is 0 Å². The fourth-order valence-electron chi connectivity index (χ4n) is 2.25. The van der Waals surface area contributed by atoms with Gasteiger partial charge in [-0.2, -0.15) is 0 Å². The lowest BCUT2D eigenvalue weighted by atomic mass is 10.1. The Bertz CT molecular complexity index is 381. The van der Waals surface area contributed by atoms with E-state index in [4.69, 9.17) is 5.73 Å². The van der Waals surface area contributed by atoms with Crippen LogP contribution in [0.3, 0.4) is 0 Å². The molecular formula is C12H18IN3. The van der Waals surface area contributed by atoms with Gasteiger partial charge in [0.25, 0.3) is 0 Å². The monoisotopic (exact) mass is 331 g/mol. The summed E-state index contributed by atoms with van der Waals surface area (Å²) < 4.78 is 1.24. The fourth-order valence-corrected chi connectivity index (χ4v) is 3.10. The highest BCUT2D eigenvalue weighted by Crippen LogP contribution is 2.27. The van der Waals surface area contributed by atoms with Crippen LogP contribution in [0.15, 0.2) is 18.2 Å². The second-order valence-electron chi connectivity index (χ2n) is 4.52. The molecule has 88 valence electrons. The molecule has 0 amide bonds. The first-order chi connectivity index (χ1) is 7.58. The van der Waals surface area contributed by atoms with Crippen LogP contribution in [-0.4, -0.2) is 37.6 Å². The molecule has 1 aliphatic heterocycles. The van der Waals surface area contributed by atoms with Crippen LogP contribution >= 0.6 is 22.6 Å². The molecule has 16 heavy (non-hydrogen) atoms. The molecule has 0 radical (unpaired) electrons. The zero-order valence-corrected chi connectivity index (χ0v) is 11.9. The molecule has 2 rings (SSSR count). The van der Waals surface area contributed by atoms with Gasteiger partial charge in [0.2, 0.25) is 0 Å². The minimum Gasteiger partial charge on any atom is -0.399 e. The molecule has 1 atom stereocenters. The number of nitrogens with two attached hydrogens (primary N) is 1. The molecule has 1 aromatic rings. The Labute approximate surface area is 111 Å². The lowest BCUT2D eigenvalue weighted by Crippen LogP contribution is -2.50. The number of nitrogen functional groups attached to an aromatic ring is 1. The molecule has 0 aliphatic carbocycles. The third-order valence-electron chi connectivity index (χ3n) is 3.11. The van der Waals surface area contributed by atoms with Gasteiger partial charge in [-0.05, 0) is 54.8 Å². The molecule has 1 saturated heterocycles. The van der Waals surface area contributed by atoms with E-state index in [0.717, 1.165) is 25.3 Å². The molecule has 0 saturated carbocycles. The van der Waals surface area contributed by atoms with Crippen LogP contribution in [0.2, 0.25) is 0 Å². The molecule has 1 fully saturated rings. The number of anilines is 2. The van der Waals surface area contributed by atoms with E-state index in [1.807, 2.05) is 12.1 Å². The highest BCUT2D eigenvalue weighted by atomic mass is 127. The van der Waals surface area contributed by atoms with Crippen molar-refractivity contribution in [1.29, 1.82) is 0 Å². The molecule has 1 aliphatic rings. The van der Waals surface area contributed by atoms with Gasteiger partial charge in [-0.3, -0.25) is 0 Å². The van der Waals surface area contributed by atoms with E-state index in [1.165, 1.54) is 9.26 Å². The van der Waals surface area contributed by atoms with Crippen LogP contribution in [0.4, 0.5) is 11.4 Å². The lowest BCUT2D eigenvalue weighted by Gasteiger charge is -2.40. The Morgan fingerprint density at radius 3 is 2.75 bits per heavy atom. The Morgan fingerprint density at radius 1 is 1.38 bits per heavy atom. The lowest BCUT2D eigenvalue weighted by molar-refractivity contribution is 0.275. The maximum Gasteiger partial charge on any atom is 0.0506 e. The van der Waals surface area contributed by atoms with Gasteiger partial charge >= 0.3 is 0 Å². The SMILES string of the molecule is CC1CN(C)CCN1c1ccc(N)cc1I. The zero-order valence-electron chi connectivity index (χ0n) is 9.78. The van der Waals surface area contributed by atoms with Gasteiger partial charge in [-0.25, -0.2) is 0 Å². The maximum atomic E-state index is 5.78. The van der Waals surface area contributed by atoms with Crippen LogP contribution in [0.25, 0.3) is 0 Å². The van der Waals surface area contributed by atoms with Crippen LogP contribution in [-0.2, 0) is 0 Å². The van der Waals surface area contributed by atoms with Crippen molar-refractivity contribution in [3.05, 3.63) is 21.8 Å². The van der Waals surface area contributed by atoms with Crippen LogP contribution < -0.4 is 10.6 Å². The smallest absolute Gasteiger partial charge is 0.0506 e. The number of nitrogens with zero attached hydrogens (tertiary/aromatic N) is 2. The minimum atomic E-state index is 0.566. The highest BCUT2D eigenvalue weighted by Gasteiger charge is 2.22. The van der Waals surface area contributed by atoms with E-state index in [-0.39, 0.29) is 0 Å². The van der Waals surface area contributed by atoms with Crippen molar-refractivity contribution in [3.63, 3.8) is 0 Å². The van der Waals surface area contributed by atoms with Crippen molar-refractivity contribution in [3.8, 4) is 0 Å². The molecule has 4 heteroatoms. The zero-order chi connectivity index (χ0) is 11.7. The van der Waals surface area contributed by atoms with Gasteiger partial charge in [0, 0.05) is 34.9 Å². The average molecular weight is 331 g/mol. The number of hydrogen-bond acceptors (Lipinski definition) is 3. The van der Waals surface area contributed by atoms with Crippen molar-refractivity contribution in [2.45, 2.75) is 13.0 Å². The number of halogens is 1. The van der Waals surface area contributed by atoms with E-state index in [9.17, 15) is 0 Å². The third-order valence-corrected chi connectivity index (χ3v) is 3.98. The number of benzene rings is 1. The first kappa shape index (κ1) is 12.0. The molecular weight excluding hydrogens is 313 g/mol. The largest absolute Gasteiger partial charge is 0.399 e. The summed E-state index contributed by atoms with van der Waals surface area (Å²) in [4.78, 5) is 4.85. The van der Waals surface area contributed by atoms with Crippen LogP contribution in [0.5, 0.6) is 0 Å². The quantitative estimate of drug-likeness (QED) is 0.631. The number of likely N-dealkylation sites (N-methyl/N-ethyl adjacent to an activating group) is 1. The Hall–Kier alpha value is -0.490. The summed E-state index contributed by atoms with van der Waals surface area (Å²) in [7, 11) is 2.18. The van der Waals surface area contributed by atoms with Crippen LogP contribution in [0, 0.1) is 3.57 Å². The predicted molar refractivity (Wildman–Crippen MR) is 77.9 cm³/mol. The van der Waals surface area contributed by atoms with Crippen molar-refractivity contribution >= 4 is 34.0 Å². The summed E-state index contributed by atoms with van der Waals surface area (Å²) in [6.07, 6.45) is 0. The van der Waals surface area contributed by atoms with E-state index in [2.05, 4.69) is 52.4 Å². The van der Waals surface area contributed by atoms with Crippen molar-refractivity contribution in [2.75, 3.05) is 37.3 Å². The summed E-state index contributed by atoms with van der Waals surface area (Å²) in [5.41, 5.74) is 7.94. The van der Waals surface area contributed by atoms with Gasteiger partial charge in [0.1, 0.15) is 0 Å². The van der Waals surface area contributed by atoms with Crippen LogP contribution in [0.1, 0.15) is 6.92 Å². The molecule has 1 heterocycles. The second kappa shape index (κ2) is 4.79. The third kappa shape index (κ3) is 2.43. The Balaban J connectivity index is 2.23. The van der Waals surface area contributed by atoms with Gasteiger partial charge in [0.15, 0.2) is 0 Å². The summed E-state index contributed by atoms with van der Waals surface area (Å²) in [6.45, 7) is 5.63. The first-order valence-electron chi connectivity index (χ1n) is 5.58. The first-order valence-corrected chi connectivity index (χ1v) is 6.66. The normalized spacial score (nSPS) is 22.4. The molecule has 1 unspecified atom stereocenters. The molecule has 1 aromatic carbocycles. The summed E-state index contributed by atoms with van der Waals surface area (Å²) in [5, 5.41) is 0. The fraction of sp³-hybridized carbons (Fsp3) is 0.500. The van der Waals surface area contributed by atoms with E-state index in [0.29, 0.717) is 6.04 Å². The second-order valence-corrected chi connectivity index (χ2v) is 5.68. The van der Waals surface area contributed by atoms with Gasteiger partial charge in [-0.15, -0.1) is 0 Å². The summed E-state index contributed by atoms with van der Waals surface area (Å²) in [5.74, 6) is 0. The topological polar surface area (TPSA) is 32.5 Å². The Morgan fingerprint density at radius 2 is 2.12 bits per heavy atom. The van der Waals surface area contributed by atoms with E-state index in [1.54, 1.807) is 0 Å². The molecule has 0 spiro atoms. The number of hydrogen-bond donors (Lipinski definition) is 1.